The molecule has 29 heavy (non-hydrogen) atoms. The van der Waals surface area contributed by atoms with Crippen LogP contribution in [0.3, 0.4) is 0 Å². The van der Waals surface area contributed by atoms with Crippen molar-refractivity contribution in [3.05, 3.63) is 29.8 Å². The lowest BCUT2D eigenvalue weighted by Crippen LogP contribution is -2.55. The van der Waals surface area contributed by atoms with Gasteiger partial charge < -0.3 is 31.7 Å². The first-order chi connectivity index (χ1) is 13.5. The fraction of sp³-hybridized carbons (Fsp3) is 0.474. The van der Waals surface area contributed by atoms with Crippen molar-refractivity contribution in [2.45, 2.75) is 51.2 Å². The van der Waals surface area contributed by atoms with Gasteiger partial charge >= 0.3 is 11.9 Å². The van der Waals surface area contributed by atoms with Crippen LogP contribution in [0.15, 0.2) is 24.3 Å². The maximum absolute atomic E-state index is 12.6. The molecule has 0 spiro atoms. The molecule has 0 bridgehead atoms. The molecule has 1 aromatic carbocycles. The van der Waals surface area contributed by atoms with Gasteiger partial charge in [-0.15, -0.1) is 0 Å². The van der Waals surface area contributed by atoms with Crippen LogP contribution >= 0.6 is 0 Å². The van der Waals surface area contributed by atoms with Crippen molar-refractivity contribution in [1.29, 1.82) is 0 Å². The van der Waals surface area contributed by atoms with Gasteiger partial charge in [-0.1, -0.05) is 26.0 Å². The fourth-order valence-corrected chi connectivity index (χ4v) is 2.60. The van der Waals surface area contributed by atoms with Crippen LogP contribution in [0.2, 0.25) is 0 Å². The molecule has 1 aromatic rings. The topological polar surface area (TPSA) is 179 Å². The average Bonchev–Trinajstić information content (AvgIpc) is 2.61. The lowest BCUT2D eigenvalue weighted by atomic mass is 10.0. The number of aromatic hydroxyl groups is 1. The van der Waals surface area contributed by atoms with Crippen LogP contribution in [-0.2, 0) is 25.6 Å². The molecule has 160 valence electrons. The molecule has 0 radical (unpaired) electrons. The molecular weight excluding hydrogens is 382 g/mol. The number of carbonyl (C=O) groups is 4. The van der Waals surface area contributed by atoms with Crippen molar-refractivity contribution >= 4 is 23.8 Å². The summed E-state index contributed by atoms with van der Waals surface area (Å²) in [5, 5.41) is 32.3. The Kier molecular flexibility index (Phi) is 9.07. The van der Waals surface area contributed by atoms with Crippen molar-refractivity contribution in [3.63, 3.8) is 0 Å². The summed E-state index contributed by atoms with van der Waals surface area (Å²) in [4.78, 5) is 47.0. The van der Waals surface area contributed by atoms with E-state index in [1.807, 2.05) is 13.8 Å². The molecule has 0 saturated heterocycles. The van der Waals surface area contributed by atoms with Gasteiger partial charge in [0.25, 0.3) is 0 Å². The Hall–Kier alpha value is -3.14. The van der Waals surface area contributed by atoms with Crippen LogP contribution < -0.4 is 16.4 Å². The third-order valence-electron chi connectivity index (χ3n) is 4.06. The second-order valence-electron chi connectivity index (χ2n) is 7.17. The SMILES string of the molecule is CC(C)CC(NC(=O)C(N)CC(=O)O)C(=O)NC(Cc1ccc(O)cc1)C(=O)O. The fourth-order valence-electron chi connectivity index (χ4n) is 2.60. The summed E-state index contributed by atoms with van der Waals surface area (Å²) in [5.41, 5.74) is 6.11. The zero-order valence-electron chi connectivity index (χ0n) is 16.3. The number of carboxylic acids is 2. The summed E-state index contributed by atoms with van der Waals surface area (Å²) >= 11 is 0. The van der Waals surface area contributed by atoms with E-state index in [2.05, 4.69) is 10.6 Å². The lowest BCUT2D eigenvalue weighted by molar-refractivity contribution is -0.142. The van der Waals surface area contributed by atoms with E-state index < -0.39 is 48.3 Å². The second kappa shape index (κ2) is 11.0. The first-order valence-corrected chi connectivity index (χ1v) is 9.08. The summed E-state index contributed by atoms with van der Waals surface area (Å²) in [7, 11) is 0. The maximum Gasteiger partial charge on any atom is 0.326 e. The van der Waals surface area contributed by atoms with E-state index in [1.165, 1.54) is 24.3 Å². The first-order valence-electron chi connectivity index (χ1n) is 9.08. The molecule has 0 aromatic heterocycles. The highest BCUT2D eigenvalue weighted by Gasteiger charge is 2.29. The van der Waals surface area contributed by atoms with E-state index in [-0.39, 0.29) is 24.5 Å². The van der Waals surface area contributed by atoms with E-state index in [0.717, 1.165) is 0 Å². The number of hydrogen-bond donors (Lipinski definition) is 6. The molecule has 0 saturated carbocycles. The van der Waals surface area contributed by atoms with Crippen molar-refractivity contribution < 1.29 is 34.5 Å². The van der Waals surface area contributed by atoms with Gasteiger partial charge in [0.1, 0.15) is 17.8 Å². The normalized spacial score (nSPS) is 13.9. The van der Waals surface area contributed by atoms with Gasteiger partial charge in [-0.2, -0.15) is 0 Å². The predicted octanol–water partition coefficient (Wildman–Crippen LogP) is -0.163. The summed E-state index contributed by atoms with van der Waals surface area (Å²) in [5.74, 6) is -4.01. The van der Waals surface area contributed by atoms with Crippen LogP contribution in [-0.4, -0.2) is 57.2 Å². The molecule has 3 atom stereocenters. The number of aliphatic carboxylic acids is 2. The minimum atomic E-state index is -1.33. The standard InChI is InChI=1S/C19H27N3O7/c1-10(2)7-14(21-17(26)13(20)9-16(24)25)18(27)22-15(19(28)29)8-11-3-5-12(23)6-4-11/h3-6,10,13-15,23H,7-9,20H2,1-2H3,(H,21,26)(H,22,27)(H,24,25)(H,28,29). The van der Waals surface area contributed by atoms with Crippen molar-refractivity contribution in [2.75, 3.05) is 0 Å². The van der Waals surface area contributed by atoms with Gasteiger partial charge in [-0.25, -0.2) is 4.79 Å². The number of phenols is 1. The monoisotopic (exact) mass is 409 g/mol. The number of rotatable bonds is 11. The Balaban J connectivity index is 2.87. The zero-order chi connectivity index (χ0) is 22.1. The highest BCUT2D eigenvalue weighted by molar-refractivity contribution is 5.93. The number of amides is 2. The molecule has 0 aliphatic rings. The lowest BCUT2D eigenvalue weighted by Gasteiger charge is -2.24. The third kappa shape index (κ3) is 8.60. The van der Waals surface area contributed by atoms with Gasteiger partial charge in [-0.05, 0) is 30.0 Å². The van der Waals surface area contributed by atoms with E-state index in [1.54, 1.807) is 0 Å². The zero-order valence-corrected chi connectivity index (χ0v) is 16.3. The third-order valence-corrected chi connectivity index (χ3v) is 4.06. The molecule has 1 rings (SSSR count). The number of phenolic OH excluding ortho intramolecular Hbond substituents is 1. The highest BCUT2D eigenvalue weighted by atomic mass is 16.4. The summed E-state index contributed by atoms with van der Waals surface area (Å²) in [6, 6.07) is 2.23. The van der Waals surface area contributed by atoms with Crippen molar-refractivity contribution in [3.8, 4) is 5.75 Å². The summed E-state index contributed by atoms with van der Waals surface area (Å²) in [6.45, 7) is 3.63. The van der Waals surface area contributed by atoms with E-state index in [9.17, 15) is 29.4 Å². The maximum atomic E-state index is 12.6. The van der Waals surface area contributed by atoms with Crippen LogP contribution in [0.25, 0.3) is 0 Å². The Morgan fingerprint density at radius 3 is 2.00 bits per heavy atom. The van der Waals surface area contributed by atoms with E-state index in [4.69, 9.17) is 10.8 Å². The van der Waals surface area contributed by atoms with Gasteiger partial charge in [0.15, 0.2) is 0 Å². The molecule has 3 unspecified atom stereocenters. The van der Waals surface area contributed by atoms with Crippen LogP contribution in [0.1, 0.15) is 32.3 Å². The summed E-state index contributed by atoms with van der Waals surface area (Å²) < 4.78 is 0. The quantitative estimate of drug-likeness (QED) is 0.292. The molecular formula is C19H27N3O7. The number of hydrogen-bond acceptors (Lipinski definition) is 6. The molecule has 0 fully saturated rings. The first kappa shape index (κ1) is 23.9. The Bertz CT molecular complexity index is 734. The average molecular weight is 409 g/mol. The number of nitrogens with two attached hydrogens (primary N) is 1. The van der Waals surface area contributed by atoms with Gasteiger partial charge in [-0.3, -0.25) is 14.4 Å². The van der Waals surface area contributed by atoms with Gasteiger partial charge in [0.05, 0.1) is 12.5 Å². The van der Waals surface area contributed by atoms with Crippen molar-refractivity contribution in [2.24, 2.45) is 11.7 Å². The Morgan fingerprint density at radius 2 is 1.52 bits per heavy atom. The van der Waals surface area contributed by atoms with Gasteiger partial charge in [0, 0.05) is 6.42 Å². The number of carbonyl (C=O) groups excluding carboxylic acids is 2. The molecule has 0 heterocycles. The second-order valence-corrected chi connectivity index (χ2v) is 7.17. The Labute approximate surface area is 168 Å². The number of nitrogens with one attached hydrogen (secondary N) is 2. The minimum Gasteiger partial charge on any atom is -0.508 e. The van der Waals surface area contributed by atoms with E-state index >= 15 is 0 Å². The van der Waals surface area contributed by atoms with E-state index in [0.29, 0.717) is 5.56 Å². The van der Waals surface area contributed by atoms with Crippen LogP contribution in [0, 0.1) is 5.92 Å². The number of benzene rings is 1. The minimum absolute atomic E-state index is 0.0119. The Morgan fingerprint density at radius 1 is 0.966 bits per heavy atom. The molecule has 0 aliphatic heterocycles. The molecule has 10 heteroatoms. The molecule has 7 N–H and O–H groups in total. The number of carboxylic acid groups (broad SMARTS) is 2. The van der Waals surface area contributed by atoms with Crippen molar-refractivity contribution in [1.82, 2.24) is 10.6 Å². The largest absolute Gasteiger partial charge is 0.508 e. The molecule has 10 nitrogen and oxygen atoms in total. The smallest absolute Gasteiger partial charge is 0.326 e. The summed E-state index contributed by atoms with van der Waals surface area (Å²) in [6.07, 6.45) is -0.411. The molecule has 0 aliphatic carbocycles. The van der Waals surface area contributed by atoms with Crippen LogP contribution in [0.5, 0.6) is 5.75 Å². The van der Waals surface area contributed by atoms with Gasteiger partial charge in [0.2, 0.25) is 11.8 Å². The van der Waals surface area contributed by atoms with Crippen LogP contribution in [0.4, 0.5) is 0 Å². The highest BCUT2D eigenvalue weighted by Crippen LogP contribution is 2.12. The molecule has 2 amide bonds. The predicted molar refractivity (Wildman–Crippen MR) is 103 cm³/mol.